The number of rotatable bonds is 3. The monoisotopic (exact) mass is 196 g/mol. The van der Waals surface area contributed by atoms with Crippen LogP contribution in [0, 0.1) is 0 Å². The summed E-state index contributed by atoms with van der Waals surface area (Å²) in [6.45, 7) is 0.542. The first kappa shape index (κ1) is 10.1. The molecule has 0 atom stereocenters. The van der Waals surface area contributed by atoms with Crippen LogP contribution in [-0.4, -0.2) is 28.6 Å². The van der Waals surface area contributed by atoms with Gasteiger partial charge in [-0.05, 0) is 12.1 Å². The third kappa shape index (κ3) is 3.06. The predicted molar refractivity (Wildman–Crippen MR) is 54.6 cm³/mol. The number of amides is 1. The van der Waals surface area contributed by atoms with E-state index in [2.05, 4.69) is 17.6 Å². The summed E-state index contributed by atoms with van der Waals surface area (Å²) in [6, 6.07) is 5.65. The van der Waals surface area contributed by atoms with Crippen molar-refractivity contribution in [2.24, 2.45) is 0 Å². The number of hydrogen-bond donors (Lipinski definition) is 1. The molecule has 0 bridgehead atoms. The van der Waals surface area contributed by atoms with Crippen molar-refractivity contribution >= 4 is 18.5 Å². The molecule has 4 heteroatoms. The Morgan fingerprint density at radius 1 is 1.62 bits per heavy atom. The van der Waals surface area contributed by atoms with E-state index in [0.29, 0.717) is 6.54 Å². The summed E-state index contributed by atoms with van der Waals surface area (Å²) in [5.74, 6) is 0.248. The molecule has 0 aliphatic rings. The zero-order chi connectivity index (χ0) is 9.68. The normalized spacial score (nSPS) is 9.69. The van der Waals surface area contributed by atoms with E-state index in [4.69, 9.17) is 0 Å². The maximum Gasteiger partial charge on any atom is 0.232 e. The molecule has 1 aromatic rings. The Morgan fingerprint density at radius 2 is 2.38 bits per heavy atom. The fourth-order valence-corrected chi connectivity index (χ4v) is 1.18. The second-order valence-electron chi connectivity index (χ2n) is 2.73. The summed E-state index contributed by atoms with van der Waals surface area (Å²) < 4.78 is 0. The zero-order valence-electron chi connectivity index (χ0n) is 7.47. The van der Waals surface area contributed by atoms with E-state index in [1.165, 1.54) is 0 Å². The summed E-state index contributed by atoms with van der Waals surface area (Å²) in [6.07, 6.45) is 1.72. The van der Waals surface area contributed by atoms with Crippen LogP contribution in [0.2, 0.25) is 0 Å². The minimum atomic E-state index is 0.00832. The number of aromatic nitrogens is 1. The Labute approximate surface area is 83.2 Å². The smallest absolute Gasteiger partial charge is 0.232 e. The van der Waals surface area contributed by atoms with Gasteiger partial charge in [-0.3, -0.25) is 9.78 Å². The molecule has 70 valence electrons. The van der Waals surface area contributed by atoms with Crippen molar-refractivity contribution in [2.75, 3.05) is 12.8 Å². The molecular weight excluding hydrogens is 184 g/mol. The SMILES string of the molecule is CN(Cc1ccccn1)C(=O)CS. The number of hydrogen-bond acceptors (Lipinski definition) is 3. The lowest BCUT2D eigenvalue weighted by atomic mass is 10.3. The van der Waals surface area contributed by atoms with E-state index >= 15 is 0 Å². The number of pyridine rings is 1. The molecule has 0 aliphatic heterocycles. The molecule has 0 spiro atoms. The molecule has 0 radical (unpaired) electrons. The topological polar surface area (TPSA) is 33.2 Å². The minimum Gasteiger partial charge on any atom is -0.339 e. The van der Waals surface area contributed by atoms with Gasteiger partial charge in [0.15, 0.2) is 0 Å². The standard InChI is InChI=1S/C9H12N2OS/c1-11(9(12)7-13)6-8-4-2-3-5-10-8/h2-5,13H,6-7H2,1H3. The first-order chi connectivity index (χ1) is 6.24. The maximum atomic E-state index is 11.1. The molecule has 0 unspecified atom stereocenters. The molecule has 0 saturated heterocycles. The van der Waals surface area contributed by atoms with Crippen molar-refractivity contribution in [3.8, 4) is 0 Å². The van der Waals surface area contributed by atoms with E-state index in [9.17, 15) is 4.79 Å². The lowest BCUT2D eigenvalue weighted by Crippen LogP contribution is -2.27. The van der Waals surface area contributed by atoms with Gasteiger partial charge in [0, 0.05) is 13.2 Å². The third-order valence-electron chi connectivity index (χ3n) is 1.69. The Bertz CT molecular complexity index is 276. The Balaban J connectivity index is 2.55. The summed E-state index contributed by atoms with van der Waals surface area (Å²) in [5.41, 5.74) is 0.889. The van der Waals surface area contributed by atoms with Gasteiger partial charge in [-0.15, -0.1) is 0 Å². The number of thiol groups is 1. The van der Waals surface area contributed by atoms with Crippen LogP contribution < -0.4 is 0 Å². The lowest BCUT2D eigenvalue weighted by molar-refractivity contribution is -0.127. The van der Waals surface area contributed by atoms with E-state index in [-0.39, 0.29) is 11.7 Å². The van der Waals surface area contributed by atoms with Crippen LogP contribution in [0.4, 0.5) is 0 Å². The predicted octanol–water partition coefficient (Wildman–Crippen LogP) is 0.970. The van der Waals surface area contributed by atoms with Gasteiger partial charge in [0.2, 0.25) is 5.91 Å². The van der Waals surface area contributed by atoms with Crippen LogP contribution in [-0.2, 0) is 11.3 Å². The van der Waals surface area contributed by atoms with Crippen molar-refractivity contribution in [1.29, 1.82) is 0 Å². The molecule has 13 heavy (non-hydrogen) atoms. The zero-order valence-corrected chi connectivity index (χ0v) is 8.37. The molecule has 1 amide bonds. The fourth-order valence-electron chi connectivity index (χ4n) is 0.944. The van der Waals surface area contributed by atoms with Gasteiger partial charge in [-0.2, -0.15) is 12.6 Å². The van der Waals surface area contributed by atoms with Crippen LogP contribution in [0.1, 0.15) is 5.69 Å². The Morgan fingerprint density at radius 3 is 2.92 bits per heavy atom. The molecule has 1 aromatic heterocycles. The molecule has 0 aromatic carbocycles. The summed E-state index contributed by atoms with van der Waals surface area (Å²) in [4.78, 5) is 16.9. The summed E-state index contributed by atoms with van der Waals surface area (Å²) in [5, 5.41) is 0. The van der Waals surface area contributed by atoms with Gasteiger partial charge < -0.3 is 4.90 Å². The number of carbonyl (C=O) groups excluding carboxylic acids is 1. The average Bonchev–Trinajstić information content (AvgIpc) is 2.18. The molecule has 0 aliphatic carbocycles. The van der Waals surface area contributed by atoms with Crippen molar-refractivity contribution in [2.45, 2.75) is 6.54 Å². The van der Waals surface area contributed by atoms with Gasteiger partial charge in [0.05, 0.1) is 18.0 Å². The summed E-state index contributed by atoms with van der Waals surface area (Å²) >= 11 is 3.91. The number of nitrogens with zero attached hydrogens (tertiary/aromatic N) is 2. The van der Waals surface area contributed by atoms with Gasteiger partial charge in [0.25, 0.3) is 0 Å². The Hall–Kier alpha value is -1.03. The van der Waals surface area contributed by atoms with Gasteiger partial charge in [-0.1, -0.05) is 6.07 Å². The van der Waals surface area contributed by atoms with E-state index < -0.39 is 0 Å². The van der Waals surface area contributed by atoms with Crippen LogP contribution in [0.25, 0.3) is 0 Å². The highest BCUT2D eigenvalue weighted by Crippen LogP contribution is 1.99. The molecule has 0 N–H and O–H groups in total. The van der Waals surface area contributed by atoms with E-state index in [1.54, 1.807) is 18.1 Å². The van der Waals surface area contributed by atoms with Crippen molar-refractivity contribution in [3.63, 3.8) is 0 Å². The fraction of sp³-hybridized carbons (Fsp3) is 0.333. The molecular formula is C9H12N2OS. The maximum absolute atomic E-state index is 11.1. The molecule has 1 rings (SSSR count). The van der Waals surface area contributed by atoms with E-state index in [0.717, 1.165) is 5.69 Å². The molecule has 0 saturated carbocycles. The quantitative estimate of drug-likeness (QED) is 0.731. The Kier molecular flexibility index (Phi) is 3.76. The van der Waals surface area contributed by atoms with Crippen LogP contribution in [0.3, 0.4) is 0 Å². The highest BCUT2D eigenvalue weighted by Gasteiger charge is 2.06. The molecule has 0 fully saturated rings. The van der Waals surface area contributed by atoms with Crippen molar-refractivity contribution in [3.05, 3.63) is 30.1 Å². The van der Waals surface area contributed by atoms with Crippen LogP contribution >= 0.6 is 12.6 Å². The highest BCUT2D eigenvalue weighted by atomic mass is 32.1. The highest BCUT2D eigenvalue weighted by molar-refractivity contribution is 7.81. The average molecular weight is 196 g/mol. The first-order valence-corrected chi connectivity index (χ1v) is 4.62. The van der Waals surface area contributed by atoms with Gasteiger partial charge in [-0.25, -0.2) is 0 Å². The molecule has 3 nitrogen and oxygen atoms in total. The van der Waals surface area contributed by atoms with Crippen LogP contribution in [0.5, 0.6) is 0 Å². The van der Waals surface area contributed by atoms with Gasteiger partial charge in [0.1, 0.15) is 0 Å². The van der Waals surface area contributed by atoms with E-state index in [1.807, 2.05) is 18.2 Å². The third-order valence-corrected chi connectivity index (χ3v) is 1.96. The summed E-state index contributed by atoms with van der Waals surface area (Å²) in [7, 11) is 1.74. The van der Waals surface area contributed by atoms with Crippen molar-refractivity contribution in [1.82, 2.24) is 9.88 Å². The van der Waals surface area contributed by atoms with Crippen LogP contribution in [0.15, 0.2) is 24.4 Å². The first-order valence-electron chi connectivity index (χ1n) is 3.98. The largest absolute Gasteiger partial charge is 0.339 e. The molecule has 1 heterocycles. The van der Waals surface area contributed by atoms with Crippen molar-refractivity contribution < 1.29 is 4.79 Å². The lowest BCUT2D eigenvalue weighted by Gasteiger charge is -2.14. The second-order valence-corrected chi connectivity index (χ2v) is 3.05. The minimum absolute atomic E-state index is 0.00832. The number of carbonyl (C=O) groups is 1. The van der Waals surface area contributed by atoms with Gasteiger partial charge >= 0.3 is 0 Å². The second kappa shape index (κ2) is 4.87.